The summed E-state index contributed by atoms with van der Waals surface area (Å²) in [6, 6.07) is 8.21. The van der Waals surface area contributed by atoms with Crippen LogP contribution >= 0.6 is 23.4 Å². The Morgan fingerprint density at radius 3 is 2.71 bits per heavy atom. The van der Waals surface area contributed by atoms with Crippen LogP contribution in [0.5, 0.6) is 0 Å². The fourth-order valence-electron chi connectivity index (χ4n) is 1.42. The summed E-state index contributed by atoms with van der Waals surface area (Å²) < 4.78 is 0. The van der Waals surface area contributed by atoms with Gasteiger partial charge >= 0.3 is 0 Å². The van der Waals surface area contributed by atoms with E-state index in [9.17, 15) is 4.79 Å². The lowest BCUT2D eigenvalue weighted by molar-refractivity contribution is -0.120. The number of rotatable bonds is 5. The zero-order valence-electron chi connectivity index (χ0n) is 9.78. The smallest absolute Gasteiger partial charge is 0.233 e. The molecule has 0 heterocycles. The molecule has 1 amide bonds. The van der Waals surface area contributed by atoms with Gasteiger partial charge in [-0.2, -0.15) is 0 Å². The van der Waals surface area contributed by atoms with E-state index in [4.69, 9.17) is 11.6 Å². The predicted molar refractivity (Wildman–Crippen MR) is 73.4 cm³/mol. The van der Waals surface area contributed by atoms with E-state index in [1.807, 2.05) is 31.2 Å². The van der Waals surface area contributed by atoms with Crippen LogP contribution in [0.2, 0.25) is 5.02 Å². The van der Waals surface area contributed by atoms with Crippen LogP contribution in [0.4, 0.5) is 0 Å². The van der Waals surface area contributed by atoms with Gasteiger partial charge in [0.25, 0.3) is 0 Å². The van der Waals surface area contributed by atoms with Crippen molar-refractivity contribution in [1.82, 2.24) is 5.32 Å². The highest BCUT2D eigenvalue weighted by Gasteiger charge is 2.25. The minimum Gasteiger partial charge on any atom is -0.352 e. The highest BCUT2D eigenvalue weighted by Crippen LogP contribution is 2.22. The SMILES string of the molecule is C[C@H](SCc1ccc(Cl)cc1)C(=O)NC1CC1. The van der Waals surface area contributed by atoms with Gasteiger partial charge in [0.1, 0.15) is 0 Å². The van der Waals surface area contributed by atoms with Crippen LogP contribution in [-0.4, -0.2) is 17.2 Å². The van der Waals surface area contributed by atoms with E-state index in [0.717, 1.165) is 23.6 Å². The third-order valence-corrected chi connectivity index (χ3v) is 4.17. The van der Waals surface area contributed by atoms with Crippen molar-refractivity contribution < 1.29 is 4.79 Å². The second-order valence-corrected chi connectivity index (χ2v) is 6.13. The Morgan fingerprint density at radius 1 is 1.47 bits per heavy atom. The molecule has 0 aromatic heterocycles. The first-order valence-electron chi connectivity index (χ1n) is 5.81. The number of amides is 1. The molecule has 0 spiro atoms. The lowest BCUT2D eigenvalue weighted by atomic mass is 10.2. The number of thioether (sulfide) groups is 1. The minimum absolute atomic E-state index is 0.00581. The summed E-state index contributed by atoms with van der Waals surface area (Å²) in [4.78, 5) is 11.7. The summed E-state index contributed by atoms with van der Waals surface area (Å²) in [5.41, 5.74) is 1.20. The molecule has 1 aromatic rings. The quantitative estimate of drug-likeness (QED) is 0.889. The average Bonchev–Trinajstić information content (AvgIpc) is 3.11. The number of benzene rings is 1. The van der Waals surface area contributed by atoms with Gasteiger partial charge in [-0.25, -0.2) is 0 Å². The summed E-state index contributed by atoms with van der Waals surface area (Å²) in [7, 11) is 0. The van der Waals surface area contributed by atoms with Crippen LogP contribution in [0, 0.1) is 0 Å². The molecule has 0 saturated heterocycles. The van der Waals surface area contributed by atoms with E-state index in [-0.39, 0.29) is 11.2 Å². The van der Waals surface area contributed by atoms with Crippen molar-refractivity contribution in [3.8, 4) is 0 Å². The normalized spacial score (nSPS) is 16.6. The Balaban J connectivity index is 1.76. The van der Waals surface area contributed by atoms with Crippen LogP contribution < -0.4 is 5.32 Å². The van der Waals surface area contributed by atoms with Crippen molar-refractivity contribution in [2.24, 2.45) is 0 Å². The molecule has 17 heavy (non-hydrogen) atoms. The van der Waals surface area contributed by atoms with Crippen LogP contribution in [0.1, 0.15) is 25.3 Å². The van der Waals surface area contributed by atoms with Crippen molar-refractivity contribution >= 4 is 29.3 Å². The number of carbonyl (C=O) groups is 1. The van der Waals surface area contributed by atoms with Gasteiger partial charge in [-0.3, -0.25) is 4.79 Å². The minimum atomic E-state index is 0.00581. The highest BCUT2D eigenvalue weighted by molar-refractivity contribution is 7.99. The second kappa shape index (κ2) is 5.78. The Bertz CT molecular complexity index is 389. The van der Waals surface area contributed by atoms with Crippen molar-refractivity contribution in [2.45, 2.75) is 36.8 Å². The zero-order chi connectivity index (χ0) is 12.3. The molecule has 0 bridgehead atoms. The van der Waals surface area contributed by atoms with Gasteiger partial charge in [0, 0.05) is 16.8 Å². The van der Waals surface area contributed by atoms with Gasteiger partial charge in [0.15, 0.2) is 0 Å². The Labute approximate surface area is 111 Å². The van der Waals surface area contributed by atoms with Crippen LogP contribution in [0.3, 0.4) is 0 Å². The molecule has 0 unspecified atom stereocenters. The molecular formula is C13H16ClNOS. The Hall–Kier alpha value is -0.670. The van der Waals surface area contributed by atoms with Crippen LogP contribution in [0.15, 0.2) is 24.3 Å². The van der Waals surface area contributed by atoms with Crippen molar-refractivity contribution in [3.05, 3.63) is 34.9 Å². The third kappa shape index (κ3) is 4.25. The summed E-state index contributed by atoms with van der Waals surface area (Å²) in [6.45, 7) is 1.96. The molecule has 1 N–H and O–H groups in total. The molecule has 1 aliphatic carbocycles. The fraction of sp³-hybridized carbons (Fsp3) is 0.462. The van der Waals surface area contributed by atoms with E-state index in [2.05, 4.69) is 5.32 Å². The first kappa shape index (κ1) is 12.8. The highest BCUT2D eigenvalue weighted by atomic mass is 35.5. The summed E-state index contributed by atoms with van der Waals surface area (Å²) >= 11 is 7.48. The first-order valence-corrected chi connectivity index (χ1v) is 7.24. The molecule has 2 rings (SSSR count). The molecule has 1 aromatic carbocycles. The first-order chi connectivity index (χ1) is 8.15. The Kier molecular flexibility index (Phi) is 4.35. The lowest BCUT2D eigenvalue weighted by Gasteiger charge is -2.11. The number of halogens is 1. The molecule has 1 fully saturated rings. The van der Waals surface area contributed by atoms with E-state index in [1.165, 1.54) is 5.56 Å². The maximum atomic E-state index is 11.7. The van der Waals surface area contributed by atoms with Crippen LogP contribution in [-0.2, 0) is 10.5 Å². The van der Waals surface area contributed by atoms with Gasteiger partial charge in [-0.05, 0) is 37.5 Å². The number of carbonyl (C=O) groups excluding carboxylic acids is 1. The topological polar surface area (TPSA) is 29.1 Å². The second-order valence-electron chi connectivity index (χ2n) is 4.36. The standard InChI is InChI=1S/C13H16ClNOS/c1-9(13(16)15-12-6-7-12)17-8-10-2-4-11(14)5-3-10/h2-5,9,12H,6-8H2,1H3,(H,15,16)/t9-/m0/s1. The van der Waals surface area contributed by atoms with Crippen LogP contribution in [0.25, 0.3) is 0 Å². The van der Waals surface area contributed by atoms with Crippen molar-refractivity contribution in [3.63, 3.8) is 0 Å². The number of hydrogen-bond acceptors (Lipinski definition) is 2. The lowest BCUT2D eigenvalue weighted by Crippen LogP contribution is -2.32. The van der Waals surface area contributed by atoms with E-state index in [0.29, 0.717) is 6.04 Å². The maximum Gasteiger partial charge on any atom is 0.233 e. The van der Waals surface area contributed by atoms with Gasteiger partial charge in [-0.15, -0.1) is 11.8 Å². The van der Waals surface area contributed by atoms with E-state index >= 15 is 0 Å². The van der Waals surface area contributed by atoms with E-state index < -0.39 is 0 Å². The van der Waals surface area contributed by atoms with Gasteiger partial charge in [0.05, 0.1) is 5.25 Å². The van der Waals surface area contributed by atoms with Gasteiger partial charge in [0.2, 0.25) is 5.91 Å². The fourth-order valence-corrected chi connectivity index (χ4v) is 2.40. The molecule has 92 valence electrons. The van der Waals surface area contributed by atoms with Gasteiger partial charge < -0.3 is 5.32 Å². The Morgan fingerprint density at radius 2 is 2.12 bits per heavy atom. The molecule has 1 saturated carbocycles. The summed E-state index contributed by atoms with van der Waals surface area (Å²) in [5.74, 6) is 1.00. The van der Waals surface area contributed by atoms with Crippen molar-refractivity contribution in [1.29, 1.82) is 0 Å². The average molecular weight is 270 g/mol. The molecule has 2 nitrogen and oxygen atoms in total. The molecule has 1 aliphatic rings. The number of nitrogens with one attached hydrogen (secondary N) is 1. The van der Waals surface area contributed by atoms with Gasteiger partial charge in [-0.1, -0.05) is 23.7 Å². The van der Waals surface area contributed by atoms with Crippen molar-refractivity contribution in [2.75, 3.05) is 0 Å². The summed E-state index contributed by atoms with van der Waals surface area (Å²) in [5, 5.41) is 3.77. The molecule has 1 atom stereocenters. The van der Waals surface area contributed by atoms with E-state index in [1.54, 1.807) is 11.8 Å². The molecule has 4 heteroatoms. The molecular weight excluding hydrogens is 254 g/mol. The molecule has 0 radical (unpaired) electrons. The monoisotopic (exact) mass is 269 g/mol. The largest absolute Gasteiger partial charge is 0.352 e. The number of hydrogen-bond donors (Lipinski definition) is 1. The third-order valence-electron chi connectivity index (χ3n) is 2.71. The molecule has 0 aliphatic heterocycles. The predicted octanol–water partition coefficient (Wildman–Crippen LogP) is 3.24. The zero-order valence-corrected chi connectivity index (χ0v) is 11.4. The summed E-state index contributed by atoms with van der Waals surface area (Å²) in [6.07, 6.45) is 2.28. The maximum absolute atomic E-state index is 11.7.